The van der Waals surface area contributed by atoms with Gasteiger partial charge in [0.15, 0.2) is 0 Å². The Labute approximate surface area is 67.5 Å². The van der Waals surface area contributed by atoms with Gasteiger partial charge in [-0.1, -0.05) is 13.0 Å². The molecule has 0 aromatic carbocycles. The second-order valence-corrected chi connectivity index (χ2v) is 4.14. The molecule has 3 atom stereocenters. The van der Waals surface area contributed by atoms with E-state index in [2.05, 4.69) is 13.5 Å². The molecular weight excluding hydrogens is 136 g/mol. The summed E-state index contributed by atoms with van der Waals surface area (Å²) in [7, 11) is 0. The van der Waals surface area contributed by atoms with E-state index in [0.29, 0.717) is 17.6 Å². The lowest BCUT2D eigenvalue weighted by Crippen LogP contribution is -2.22. The van der Waals surface area contributed by atoms with Crippen molar-refractivity contribution >= 4 is 5.78 Å². The van der Waals surface area contributed by atoms with E-state index >= 15 is 0 Å². The highest BCUT2D eigenvalue weighted by Crippen LogP contribution is 2.53. The minimum Gasteiger partial charge on any atom is -0.299 e. The lowest BCUT2D eigenvalue weighted by Gasteiger charge is -2.28. The van der Waals surface area contributed by atoms with Crippen LogP contribution in [0.2, 0.25) is 0 Å². The number of carbonyl (C=O) groups is 1. The summed E-state index contributed by atoms with van der Waals surface area (Å²) in [5, 5.41) is 0. The van der Waals surface area contributed by atoms with Gasteiger partial charge in [0, 0.05) is 11.8 Å². The molecule has 11 heavy (non-hydrogen) atoms. The Kier molecular flexibility index (Phi) is 1.26. The average Bonchev–Trinajstić information content (AvgIpc) is 2.44. The molecule has 0 radical (unpaired) electrons. The van der Waals surface area contributed by atoms with E-state index in [9.17, 15) is 4.79 Å². The van der Waals surface area contributed by atoms with Gasteiger partial charge in [0.1, 0.15) is 5.78 Å². The maximum atomic E-state index is 11.5. The lowest BCUT2D eigenvalue weighted by atomic mass is 9.75. The predicted octanol–water partition coefficient (Wildman–Crippen LogP) is 2.18. The summed E-state index contributed by atoms with van der Waals surface area (Å²) in [6.45, 7) is 5.98. The molecule has 0 heterocycles. The van der Waals surface area contributed by atoms with Gasteiger partial charge in [-0.15, -0.1) is 6.58 Å². The van der Waals surface area contributed by atoms with Gasteiger partial charge in [-0.25, -0.2) is 0 Å². The molecule has 0 amide bonds. The van der Waals surface area contributed by atoms with Crippen LogP contribution in [0.4, 0.5) is 0 Å². The standard InChI is InChI=1S/C10H14O/c1-3-10(2)6-7-4-5-8(10)9(7)11/h3,7-8H,1,4-6H2,2H3. The van der Waals surface area contributed by atoms with Gasteiger partial charge < -0.3 is 0 Å². The van der Waals surface area contributed by atoms with Crippen molar-refractivity contribution in [1.29, 1.82) is 0 Å². The molecule has 1 nitrogen and oxygen atoms in total. The number of rotatable bonds is 1. The molecule has 2 bridgehead atoms. The molecular formula is C10H14O. The Morgan fingerprint density at radius 3 is 2.64 bits per heavy atom. The van der Waals surface area contributed by atoms with E-state index in [-0.39, 0.29) is 5.41 Å². The Hall–Kier alpha value is -0.590. The Morgan fingerprint density at radius 1 is 1.64 bits per heavy atom. The van der Waals surface area contributed by atoms with Crippen LogP contribution in [0.3, 0.4) is 0 Å². The zero-order chi connectivity index (χ0) is 8.06. The number of hydrogen-bond acceptors (Lipinski definition) is 1. The summed E-state index contributed by atoms with van der Waals surface area (Å²) < 4.78 is 0. The highest BCUT2D eigenvalue weighted by molar-refractivity contribution is 5.89. The Balaban J connectivity index is 2.33. The molecule has 2 aliphatic rings. The van der Waals surface area contributed by atoms with Gasteiger partial charge in [-0.3, -0.25) is 4.79 Å². The molecule has 0 N–H and O–H groups in total. The van der Waals surface area contributed by atoms with Crippen LogP contribution in [0.5, 0.6) is 0 Å². The normalized spacial score (nSPS) is 48.3. The second kappa shape index (κ2) is 1.96. The van der Waals surface area contributed by atoms with Gasteiger partial charge in [-0.2, -0.15) is 0 Å². The van der Waals surface area contributed by atoms with E-state index in [1.807, 2.05) is 6.08 Å². The van der Waals surface area contributed by atoms with Gasteiger partial charge in [0.2, 0.25) is 0 Å². The van der Waals surface area contributed by atoms with Gasteiger partial charge in [0.05, 0.1) is 0 Å². The molecule has 0 spiro atoms. The van der Waals surface area contributed by atoms with Crippen LogP contribution >= 0.6 is 0 Å². The predicted molar refractivity (Wildman–Crippen MR) is 44.1 cm³/mol. The van der Waals surface area contributed by atoms with Gasteiger partial charge >= 0.3 is 0 Å². The summed E-state index contributed by atoms with van der Waals surface area (Å²) in [6, 6.07) is 0. The summed E-state index contributed by atoms with van der Waals surface area (Å²) >= 11 is 0. The van der Waals surface area contributed by atoms with Crippen LogP contribution < -0.4 is 0 Å². The zero-order valence-electron chi connectivity index (χ0n) is 6.97. The van der Waals surface area contributed by atoms with Crippen molar-refractivity contribution in [2.24, 2.45) is 17.3 Å². The third kappa shape index (κ3) is 0.741. The Morgan fingerprint density at radius 2 is 2.36 bits per heavy atom. The van der Waals surface area contributed by atoms with Gasteiger partial charge in [0.25, 0.3) is 0 Å². The molecule has 1 heteroatoms. The monoisotopic (exact) mass is 150 g/mol. The molecule has 2 fully saturated rings. The van der Waals surface area contributed by atoms with E-state index < -0.39 is 0 Å². The van der Waals surface area contributed by atoms with E-state index in [0.717, 1.165) is 19.3 Å². The molecule has 2 saturated carbocycles. The first-order valence-electron chi connectivity index (χ1n) is 4.35. The molecule has 60 valence electrons. The third-order valence-electron chi connectivity index (χ3n) is 3.50. The number of ketones is 1. The summed E-state index contributed by atoms with van der Waals surface area (Å²) in [6.07, 6.45) is 5.27. The molecule has 0 aromatic rings. The third-order valence-corrected chi connectivity index (χ3v) is 3.50. The van der Waals surface area contributed by atoms with Gasteiger partial charge in [-0.05, 0) is 24.7 Å². The highest BCUT2D eigenvalue weighted by atomic mass is 16.1. The number of hydrogen-bond donors (Lipinski definition) is 0. The van der Waals surface area contributed by atoms with E-state index in [1.165, 1.54) is 0 Å². The quantitative estimate of drug-likeness (QED) is 0.523. The van der Waals surface area contributed by atoms with Crippen molar-refractivity contribution in [3.05, 3.63) is 12.7 Å². The molecule has 0 aromatic heterocycles. The van der Waals surface area contributed by atoms with Crippen molar-refractivity contribution in [3.8, 4) is 0 Å². The van der Waals surface area contributed by atoms with Crippen molar-refractivity contribution in [2.45, 2.75) is 26.2 Å². The van der Waals surface area contributed by atoms with Crippen LogP contribution in [0.25, 0.3) is 0 Å². The minimum atomic E-state index is 0.139. The van der Waals surface area contributed by atoms with Crippen LogP contribution in [0.15, 0.2) is 12.7 Å². The van der Waals surface area contributed by atoms with Crippen LogP contribution in [-0.4, -0.2) is 5.78 Å². The number of carbonyl (C=O) groups excluding carboxylic acids is 1. The first-order valence-corrected chi connectivity index (χ1v) is 4.35. The first kappa shape index (κ1) is 7.08. The van der Waals surface area contributed by atoms with Crippen molar-refractivity contribution in [3.63, 3.8) is 0 Å². The molecule has 0 aliphatic heterocycles. The summed E-state index contributed by atoms with van der Waals surface area (Å²) in [5.74, 6) is 1.19. The van der Waals surface area contributed by atoms with Crippen LogP contribution in [0, 0.1) is 17.3 Å². The Bertz CT molecular complexity index is 219. The average molecular weight is 150 g/mol. The smallest absolute Gasteiger partial charge is 0.139 e. The van der Waals surface area contributed by atoms with Crippen LogP contribution in [0.1, 0.15) is 26.2 Å². The SMILES string of the molecule is C=CC1(C)CC2CCC1C2=O. The highest BCUT2D eigenvalue weighted by Gasteiger charge is 2.52. The van der Waals surface area contributed by atoms with Crippen LogP contribution in [-0.2, 0) is 4.79 Å². The van der Waals surface area contributed by atoms with Crippen molar-refractivity contribution in [1.82, 2.24) is 0 Å². The van der Waals surface area contributed by atoms with E-state index in [1.54, 1.807) is 0 Å². The fourth-order valence-corrected chi connectivity index (χ4v) is 2.69. The maximum absolute atomic E-state index is 11.5. The van der Waals surface area contributed by atoms with Crippen molar-refractivity contribution in [2.75, 3.05) is 0 Å². The number of allylic oxidation sites excluding steroid dienone is 1. The fraction of sp³-hybridized carbons (Fsp3) is 0.700. The lowest BCUT2D eigenvalue weighted by molar-refractivity contribution is -0.122. The first-order chi connectivity index (χ1) is 5.17. The molecule has 3 unspecified atom stereocenters. The second-order valence-electron chi connectivity index (χ2n) is 4.14. The fourth-order valence-electron chi connectivity index (χ4n) is 2.69. The number of Topliss-reactive ketones (excluding diaryl/α,β-unsaturated/α-hetero) is 1. The maximum Gasteiger partial charge on any atom is 0.139 e. The molecule has 0 saturated heterocycles. The molecule has 2 rings (SSSR count). The zero-order valence-corrected chi connectivity index (χ0v) is 6.97. The largest absolute Gasteiger partial charge is 0.299 e. The topological polar surface area (TPSA) is 17.1 Å². The molecule has 2 aliphatic carbocycles. The summed E-state index contributed by atoms with van der Waals surface area (Å²) in [4.78, 5) is 11.5. The van der Waals surface area contributed by atoms with E-state index in [4.69, 9.17) is 0 Å². The minimum absolute atomic E-state index is 0.139. The summed E-state index contributed by atoms with van der Waals surface area (Å²) in [5.41, 5.74) is 0.139. The number of fused-ring (bicyclic) bond motifs is 2. The van der Waals surface area contributed by atoms with Crippen molar-refractivity contribution < 1.29 is 4.79 Å².